The molecule has 0 aliphatic carbocycles. The number of carbonyl (C=O) groups excluding carboxylic acids is 1. The van der Waals surface area contributed by atoms with Crippen molar-refractivity contribution in [2.75, 3.05) is 0 Å². The molecule has 1 rings (SSSR count). The maximum atomic E-state index is 10.3. The molecule has 70 valence electrons. The third-order valence-corrected chi connectivity index (χ3v) is 2.71. The molecule has 4 heteroatoms. The van der Waals surface area contributed by atoms with Crippen molar-refractivity contribution in [1.82, 2.24) is 0 Å². The van der Waals surface area contributed by atoms with E-state index in [9.17, 15) is 4.79 Å². The summed E-state index contributed by atoms with van der Waals surface area (Å²) in [7, 11) is 0. The normalized spacial score (nSPS) is 12.5. The largest absolute Gasteiger partial charge is 0.302 e. The number of carbonyl (C=O) groups is 1. The first kappa shape index (κ1) is 10.8. The SMILES string of the molecule is O=CC(Cl)Cc1cccc(Cl)c1Cl. The van der Waals surface area contributed by atoms with E-state index >= 15 is 0 Å². The van der Waals surface area contributed by atoms with E-state index in [2.05, 4.69) is 0 Å². The fraction of sp³-hybridized carbons (Fsp3) is 0.222. The number of rotatable bonds is 3. The maximum absolute atomic E-state index is 10.3. The lowest BCUT2D eigenvalue weighted by atomic mass is 10.1. The van der Waals surface area contributed by atoms with Crippen molar-refractivity contribution in [3.8, 4) is 0 Å². The molecule has 0 saturated heterocycles. The summed E-state index contributed by atoms with van der Waals surface area (Å²) in [5, 5.41) is 0.404. The first-order valence-electron chi connectivity index (χ1n) is 3.67. The molecule has 13 heavy (non-hydrogen) atoms. The van der Waals surface area contributed by atoms with Gasteiger partial charge in [-0.2, -0.15) is 0 Å². The van der Waals surface area contributed by atoms with E-state index in [1.165, 1.54) is 0 Å². The number of halogens is 3. The van der Waals surface area contributed by atoms with Crippen LogP contribution in [0.2, 0.25) is 10.0 Å². The Morgan fingerprint density at radius 3 is 2.69 bits per heavy atom. The molecule has 0 fully saturated rings. The number of hydrogen-bond acceptors (Lipinski definition) is 1. The Balaban J connectivity index is 2.88. The van der Waals surface area contributed by atoms with Crippen LogP contribution in [0.3, 0.4) is 0 Å². The monoisotopic (exact) mass is 236 g/mol. The summed E-state index contributed by atoms with van der Waals surface area (Å²) >= 11 is 17.3. The van der Waals surface area contributed by atoms with Gasteiger partial charge in [-0.3, -0.25) is 0 Å². The average Bonchev–Trinajstić information content (AvgIpc) is 2.13. The number of benzene rings is 1. The van der Waals surface area contributed by atoms with Gasteiger partial charge in [-0.1, -0.05) is 35.3 Å². The minimum Gasteiger partial charge on any atom is -0.302 e. The summed E-state index contributed by atoms with van der Waals surface area (Å²) in [6.07, 6.45) is 1.09. The van der Waals surface area contributed by atoms with E-state index in [-0.39, 0.29) is 0 Å². The molecular formula is C9H7Cl3O. The molecule has 0 aliphatic rings. The van der Waals surface area contributed by atoms with Crippen molar-refractivity contribution in [3.05, 3.63) is 33.8 Å². The second kappa shape index (κ2) is 4.85. The van der Waals surface area contributed by atoms with Crippen LogP contribution in [0.1, 0.15) is 5.56 Å². The van der Waals surface area contributed by atoms with E-state index in [1.807, 2.05) is 0 Å². The molecule has 0 spiro atoms. The van der Waals surface area contributed by atoms with Crippen molar-refractivity contribution in [3.63, 3.8) is 0 Å². The quantitative estimate of drug-likeness (QED) is 0.582. The molecular weight excluding hydrogens is 230 g/mol. The molecule has 0 N–H and O–H groups in total. The molecule has 0 aliphatic heterocycles. The zero-order chi connectivity index (χ0) is 9.84. The van der Waals surface area contributed by atoms with Gasteiger partial charge in [0.1, 0.15) is 6.29 Å². The molecule has 0 amide bonds. The molecule has 0 heterocycles. The summed E-state index contributed by atoms with van der Waals surface area (Å²) in [6, 6.07) is 5.27. The highest BCUT2D eigenvalue weighted by Gasteiger charge is 2.09. The highest BCUT2D eigenvalue weighted by molar-refractivity contribution is 6.42. The Labute approximate surface area is 91.6 Å². The zero-order valence-corrected chi connectivity index (χ0v) is 8.90. The predicted molar refractivity (Wildman–Crippen MR) is 55.9 cm³/mol. The van der Waals surface area contributed by atoms with Crippen molar-refractivity contribution < 1.29 is 4.79 Å². The highest BCUT2D eigenvalue weighted by Crippen LogP contribution is 2.26. The van der Waals surface area contributed by atoms with Crippen LogP contribution in [0.4, 0.5) is 0 Å². The molecule has 1 aromatic carbocycles. The first-order valence-corrected chi connectivity index (χ1v) is 4.86. The summed E-state index contributed by atoms with van der Waals surface area (Å²) in [4.78, 5) is 10.3. The lowest BCUT2D eigenvalue weighted by molar-refractivity contribution is -0.107. The molecule has 1 nitrogen and oxygen atoms in total. The van der Waals surface area contributed by atoms with E-state index in [0.717, 1.165) is 5.56 Å². The molecule has 0 saturated carbocycles. The summed E-state index contributed by atoms with van der Waals surface area (Å²) < 4.78 is 0. The van der Waals surface area contributed by atoms with Gasteiger partial charge in [-0.25, -0.2) is 0 Å². The van der Waals surface area contributed by atoms with Crippen LogP contribution in [-0.2, 0) is 11.2 Å². The lowest BCUT2D eigenvalue weighted by Crippen LogP contribution is -2.04. The van der Waals surface area contributed by atoms with Crippen LogP contribution in [0.15, 0.2) is 18.2 Å². The third-order valence-electron chi connectivity index (χ3n) is 1.59. The summed E-state index contributed by atoms with van der Waals surface area (Å²) in [5.74, 6) is 0. The predicted octanol–water partition coefficient (Wildman–Crippen LogP) is 3.34. The highest BCUT2D eigenvalue weighted by atomic mass is 35.5. The Bertz CT molecular complexity index is 312. The van der Waals surface area contributed by atoms with Gasteiger partial charge in [0.05, 0.1) is 15.4 Å². The van der Waals surface area contributed by atoms with Crippen molar-refractivity contribution in [2.24, 2.45) is 0 Å². The van der Waals surface area contributed by atoms with Crippen LogP contribution in [0.25, 0.3) is 0 Å². The van der Waals surface area contributed by atoms with Crippen LogP contribution in [-0.4, -0.2) is 11.7 Å². The minimum absolute atomic E-state index is 0.407. The smallest absolute Gasteiger partial charge is 0.138 e. The van der Waals surface area contributed by atoms with Crippen LogP contribution in [0.5, 0.6) is 0 Å². The van der Waals surface area contributed by atoms with Gasteiger partial charge in [0.25, 0.3) is 0 Å². The maximum Gasteiger partial charge on any atom is 0.138 e. The Hall–Kier alpha value is -0.240. The topological polar surface area (TPSA) is 17.1 Å². The molecule has 1 aromatic rings. The Kier molecular flexibility index (Phi) is 4.04. The van der Waals surface area contributed by atoms with Gasteiger partial charge in [0.15, 0.2) is 0 Å². The number of aldehydes is 1. The van der Waals surface area contributed by atoms with Crippen LogP contribution in [0, 0.1) is 0 Å². The summed E-state index contributed by atoms with van der Waals surface area (Å²) in [5.41, 5.74) is 0.793. The number of hydrogen-bond donors (Lipinski definition) is 0. The van der Waals surface area contributed by atoms with Crippen LogP contribution >= 0.6 is 34.8 Å². The van der Waals surface area contributed by atoms with E-state index < -0.39 is 5.38 Å². The standard InChI is InChI=1S/C9H7Cl3O/c10-7(5-13)4-6-2-1-3-8(11)9(6)12/h1-3,5,7H,4H2. The molecule has 1 unspecified atom stereocenters. The van der Waals surface area contributed by atoms with Crippen molar-refractivity contribution in [1.29, 1.82) is 0 Å². The van der Waals surface area contributed by atoms with Gasteiger partial charge in [0, 0.05) is 0 Å². The minimum atomic E-state index is -0.545. The molecule has 0 radical (unpaired) electrons. The molecule has 1 atom stereocenters. The first-order chi connectivity index (χ1) is 6.15. The Morgan fingerprint density at radius 1 is 1.38 bits per heavy atom. The number of alkyl halides is 1. The fourth-order valence-corrected chi connectivity index (χ4v) is 1.53. The fourth-order valence-electron chi connectivity index (χ4n) is 0.964. The van der Waals surface area contributed by atoms with E-state index in [4.69, 9.17) is 34.8 Å². The van der Waals surface area contributed by atoms with Crippen LogP contribution < -0.4 is 0 Å². The van der Waals surface area contributed by atoms with Gasteiger partial charge < -0.3 is 4.79 Å². The van der Waals surface area contributed by atoms with E-state index in [1.54, 1.807) is 18.2 Å². The van der Waals surface area contributed by atoms with Gasteiger partial charge in [0.2, 0.25) is 0 Å². The molecule has 0 bridgehead atoms. The van der Waals surface area contributed by atoms with Gasteiger partial charge in [-0.15, -0.1) is 11.6 Å². The summed E-state index contributed by atoms with van der Waals surface area (Å²) in [6.45, 7) is 0. The van der Waals surface area contributed by atoms with Gasteiger partial charge >= 0.3 is 0 Å². The molecule has 0 aromatic heterocycles. The Morgan fingerprint density at radius 2 is 2.08 bits per heavy atom. The zero-order valence-electron chi connectivity index (χ0n) is 6.64. The lowest BCUT2D eigenvalue weighted by Gasteiger charge is -2.05. The average molecular weight is 238 g/mol. The van der Waals surface area contributed by atoms with Crippen molar-refractivity contribution >= 4 is 41.1 Å². The van der Waals surface area contributed by atoms with E-state index in [0.29, 0.717) is 22.8 Å². The van der Waals surface area contributed by atoms with Crippen molar-refractivity contribution in [2.45, 2.75) is 11.8 Å². The second-order valence-corrected chi connectivity index (χ2v) is 3.91. The third kappa shape index (κ3) is 2.87. The van der Waals surface area contributed by atoms with Gasteiger partial charge in [-0.05, 0) is 18.1 Å². The second-order valence-electron chi connectivity index (χ2n) is 2.57.